The first-order chi connectivity index (χ1) is 3.72. The Morgan fingerprint density at radius 3 is 2.50 bits per heavy atom. The lowest BCUT2D eigenvalue weighted by molar-refractivity contribution is 0.475. The Balaban J connectivity index is 3.19. The standard InChI is InChI=1S/C5H6ClNO/c1-7-3-2-4(8)5(7)6/h2-3,8H,1H3. The second-order valence-corrected chi connectivity index (χ2v) is 1.96. The summed E-state index contributed by atoms with van der Waals surface area (Å²) >= 11 is 5.51. The lowest BCUT2D eigenvalue weighted by Gasteiger charge is -1.89. The van der Waals surface area contributed by atoms with Crippen LogP contribution in [0.1, 0.15) is 0 Å². The van der Waals surface area contributed by atoms with Gasteiger partial charge in [-0.15, -0.1) is 0 Å². The van der Waals surface area contributed by atoms with E-state index in [1.165, 1.54) is 0 Å². The molecule has 0 fully saturated rings. The van der Waals surface area contributed by atoms with E-state index in [1.807, 2.05) is 0 Å². The predicted molar refractivity (Wildman–Crippen MR) is 32.1 cm³/mol. The Morgan fingerprint density at radius 2 is 2.38 bits per heavy atom. The third-order valence-electron chi connectivity index (χ3n) is 0.977. The molecule has 0 aliphatic rings. The number of hydrogen-bond donors (Lipinski definition) is 1. The van der Waals surface area contributed by atoms with E-state index in [0.717, 1.165) is 0 Å². The molecule has 44 valence electrons. The second kappa shape index (κ2) is 1.71. The van der Waals surface area contributed by atoms with Crippen LogP contribution in [0.4, 0.5) is 0 Å². The van der Waals surface area contributed by atoms with E-state index in [0.29, 0.717) is 5.15 Å². The lowest BCUT2D eigenvalue weighted by Crippen LogP contribution is -1.80. The average molecular weight is 132 g/mol. The molecule has 0 aliphatic heterocycles. The minimum absolute atomic E-state index is 0.133. The summed E-state index contributed by atoms with van der Waals surface area (Å²) in [6.45, 7) is 0. The van der Waals surface area contributed by atoms with Crippen molar-refractivity contribution in [1.82, 2.24) is 4.57 Å². The van der Waals surface area contributed by atoms with E-state index in [9.17, 15) is 0 Å². The molecule has 0 unspecified atom stereocenters. The van der Waals surface area contributed by atoms with E-state index in [1.54, 1.807) is 23.9 Å². The molecule has 3 heteroatoms. The van der Waals surface area contributed by atoms with Gasteiger partial charge in [-0.05, 0) is 6.07 Å². The van der Waals surface area contributed by atoms with Crippen molar-refractivity contribution >= 4 is 11.6 Å². The summed E-state index contributed by atoms with van der Waals surface area (Å²) in [5.74, 6) is 0.133. The summed E-state index contributed by atoms with van der Waals surface area (Å²) in [4.78, 5) is 0. The summed E-state index contributed by atoms with van der Waals surface area (Å²) in [7, 11) is 1.77. The Morgan fingerprint density at radius 1 is 1.75 bits per heavy atom. The van der Waals surface area contributed by atoms with Gasteiger partial charge >= 0.3 is 0 Å². The van der Waals surface area contributed by atoms with Crippen LogP contribution in [0.2, 0.25) is 5.15 Å². The summed E-state index contributed by atoms with van der Waals surface area (Å²) in [5, 5.41) is 9.17. The van der Waals surface area contributed by atoms with Crippen molar-refractivity contribution in [3.63, 3.8) is 0 Å². The molecule has 0 aromatic carbocycles. The van der Waals surface area contributed by atoms with Crippen molar-refractivity contribution in [2.24, 2.45) is 7.05 Å². The van der Waals surface area contributed by atoms with Crippen molar-refractivity contribution < 1.29 is 5.11 Å². The van der Waals surface area contributed by atoms with Crippen LogP contribution in [0.15, 0.2) is 12.3 Å². The second-order valence-electron chi connectivity index (χ2n) is 1.60. The lowest BCUT2D eigenvalue weighted by atomic mass is 10.6. The maximum atomic E-state index is 8.79. The zero-order valence-corrected chi connectivity index (χ0v) is 5.18. The smallest absolute Gasteiger partial charge is 0.152 e. The maximum absolute atomic E-state index is 8.79. The molecule has 1 aromatic rings. The minimum Gasteiger partial charge on any atom is -0.505 e. The SMILES string of the molecule is Cn1ccc(O)c1Cl. The number of nitrogens with zero attached hydrogens (tertiary/aromatic N) is 1. The van der Waals surface area contributed by atoms with Gasteiger partial charge < -0.3 is 9.67 Å². The van der Waals surface area contributed by atoms with Crippen LogP contribution in [0, 0.1) is 0 Å². The van der Waals surface area contributed by atoms with Crippen LogP contribution in [-0.2, 0) is 7.05 Å². The van der Waals surface area contributed by atoms with Gasteiger partial charge in [-0.25, -0.2) is 0 Å². The molecule has 0 bridgehead atoms. The average Bonchev–Trinajstić information content (AvgIpc) is 1.98. The van der Waals surface area contributed by atoms with Crippen molar-refractivity contribution in [3.8, 4) is 5.75 Å². The molecule has 1 heterocycles. The highest BCUT2D eigenvalue weighted by Gasteiger charge is 1.98. The Bertz CT molecular complexity index is 175. The molecule has 1 N–H and O–H groups in total. The zero-order chi connectivity index (χ0) is 6.15. The van der Waals surface area contributed by atoms with Crippen molar-refractivity contribution in [2.45, 2.75) is 0 Å². The predicted octanol–water partition coefficient (Wildman–Crippen LogP) is 1.38. The first-order valence-corrected chi connectivity index (χ1v) is 2.59. The number of hydrogen-bond acceptors (Lipinski definition) is 1. The van der Waals surface area contributed by atoms with Gasteiger partial charge in [0.2, 0.25) is 0 Å². The summed E-state index contributed by atoms with van der Waals surface area (Å²) in [5.41, 5.74) is 0. The Kier molecular flexibility index (Phi) is 1.18. The number of aryl methyl sites for hydroxylation is 1. The molecular weight excluding hydrogens is 126 g/mol. The van der Waals surface area contributed by atoms with Gasteiger partial charge in [0.05, 0.1) is 0 Å². The molecule has 8 heavy (non-hydrogen) atoms. The molecule has 0 saturated carbocycles. The Hall–Kier alpha value is -0.630. The van der Waals surface area contributed by atoms with Gasteiger partial charge in [0, 0.05) is 13.2 Å². The number of aromatic hydroxyl groups is 1. The number of halogens is 1. The monoisotopic (exact) mass is 131 g/mol. The minimum atomic E-state index is 0.133. The van der Waals surface area contributed by atoms with Gasteiger partial charge in [-0.1, -0.05) is 11.6 Å². The van der Waals surface area contributed by atoms with Crippen LogP contribution in [-0.4, -0.2) is 9.67 Å². The van der Waals surface area contributed by atoms with Crippen LogP contribution in [0.5, 0.6) is 5.75 Å². The van der Waals surface area contributed by atoms with Crippen LogP contribution in [0.3, 0.4) is 0 Å². The van der Waals surface area contributed by atoms with E-state index >= 15 is 0 Å². The molecule has 1 aromatic heterocycles. The fourth-order valence-electron chi connectivity index (χ4n) is 0.497. The fraction of sp³-hybridized carbons (Fsp3) is 0.200. The summed E-state index contributed by atoms with van der Waals surface area (Å²) in [6, 6.07) is 1.54. The first kappa shape index (κ1) is 5.51. The molecule has 0 saturated heterocycles. The van der Waals surface area contributed by atoms with Gasteiger partial charge in [0.25, 0.3) is 0 Å². The van der Waals surface area contributed by atoms with Gasteiger partial charge in [0.1, 0.15) is 0 Å². The molecule has 1 rings (SSSR count). The highest BCUT2D eigenvalue weighted by atomic mass is 35.5. The van der Waals surface area contributed by atoms with Crippen LogP contribution >= 0.6 is 11.6 Å². The van der Waals surface area contributed by atoms with E-state index in [-0.39, 0.29) is 5.75 Å². The number of aromatic nitrogens is 1. The molecule has 0 radical (unpaired) electrons. The highest BCUT2D eigenvalue weighted by Crippen LogP contribution is 2.21. The molecule has 0 amide bonds. The highest BCUT2D eigenvalue weighted by molar-refractivity contribution is 6.31. The number of rotatable bonds is 0. The van der Waals surface area contributed by atoms with E-state index < -0.39 is 0 Å². The fourth-order valence-corrected chi connectivity index (χ4v) is 0.617. The largest absolute Gasteiger partial charge is 0.505 e. The molecule has 2 nitrogen and oxygen atoms in total. The topological polar surface area (TPSA) is 25.2 Å². The van der Waals surface area contributed by atoms with Crippen molar-refractivity contribution in [1.29, 1.82) is 0 Å². The van der Waals surface area contributed by atoms with E-state index in [2.05, 4.69) is 0 Å². The third-order valence-corrected chi connectivity index (χ3v) is 1.44. The van der Waals surface area contributed by atoms with E-state index in [4.69, 9.17) is 16.7 Å². The molecular formula is C5H6ClNO. The summed E-state index contributed by atoms with van der Waals surface area (Å²) < 4.78 is 1.64. The van der Waals surface area contributed by atoms with Crippen molar-refractivity contribution in [3.05, 3.63) is 17.4 Å². The summed E-state index contributed by atoms with van der Waals surface area (Å²) in [6.07, 6.45) is 1.69. The quantitative estimate of drug-likeness (QED) is 0.566. The maximum Gasteiger partial charge on any atom is 0.152 e. The molecule has 0 spiro atoms. The van der Waals surface area contributed by atoms with Gasteiger partial charge in [-0.3, -0.25) is 0 Å². The molecule has 0 atom stereocenters. The van der Waals surface area contributed by atoms with Gasteiger partial charge in [0.15, 0.2) is 10.9 Å². The normalized spacial score (nSPS) is 9.75. The van der Waals surface area contributed by atoms with Gasteiger partial charge in [-0.2, -0.15) is 0 Å². The molecule has 0 aliphatic carbocycles. The Labute approximate surface area is 52.3 Å². The van der Waals surface area contributed by atoms with Crippen LogP contribution < -0.4 is 0 Å². The van der Waals surface area contributed by atoms with Crippen LogP contribution in [0.25, 0.3) is 0 Å². The van der Waals surface area contributed by atoms with Crippen molar-refractivity contribution in [2.75, 3.05) is 0 Å². The zero-order valence-electron chi connectivity index (χ0n) is 4.43. The first-order valence-electron chi connectivity index (χ1n) is 2.21. The third kappa shape index (κ3) is 0.670.